The lowest BCUT2D eigenvalue weighted by Gasteiger charge is -2.09. The molecule has 1 amide bonds. The Bertz CT molecular complexity index is 927. The van der Waals surface area contributed by atoms with Crippen LogP contribution >= 0.6 is 11.6 Å². The predicted molar refractivity (Wildman–Crippen MR) is 124 cm³/mol. The number of anilines is 1. The van der Waals surface area contributed by atoms with Crippen molar-refractivity contribution in [3.8, 4) is 0 Å². The summed E-state index contributed by atoms with van der Waals surface area (Å²) in [6.07, 6.45) is 5.14. The van der Waals surface area contributed by atoms with E-state index in [1.54, 1.807) is 61.5 Å². The maximum absolute atomic E-state index is 12.2. The number of rotatable bonds is 7. The van der Waals surface area contributed by atoms with E-state index in [2.05, 4.69) is 10.6 Å². The first-order valence-corrected chi connectivity index (χ1v) is 9.96. The Morgan fingerprint density at radius 1 is 1.00 bits per heavy atom. The molecule has 0 aliphatic rings. The molecule has 0 aromatic heterocycles. The maximum Gasteiger partial charge on any atom is 0.352 e. The summed E-state index contributed by atoms with van der Waals surface area (Å²) in [7, 11) is 0. The molecule has 2 rings (SSSR count). The van der Waals surface area contributed by atoms with Crippen LogP contribution in [0.5, 0.6) is 0 Å². The van der Waals surface area contributed by atoms with E-state index in [4.69, 9.17) is 11.6 Å². The van der Waals surface area contributed by atoms with Crippen molar-refractivity contribution in [2.75, 3.05) is 5.32 Å². The molecular formula is C24H27ClN2O3. The van der Waals surface area contributed by atoms with Crippen LogP contribution in [0.15, 0.2) is 83.2 Å². The fraction of sp³-hybridized carbons (Fsp3) is 0.167. The standard InChI is InChI=1S/C22H21ClN2O3.C2H6/c1-3-7-19(15(2)23)24-18-12-10-16(11-13-18)14-20(22(27)28)25-21(26)17-8-5-4-6-9-17;1-2/h3-14,24H,1-2H3,(H,25,26)(H,27,28);1-2H3/b7-3-,19-15-,20-14-;. The van der Waals surface area contributed by atoms with Crippen molar-refractivity contribution in [2.45, 2.75) is 27.7 Å². The van der Waals surface area contributed by atoms with Gasteiger partial charge in [0.15, 0.2) is 0 Å². The summed E-state index contributed by atoms with van der Waals surface area (Å²) in [4.78, 5) is 23.7. The maximum atomic E-state index is 12.2. The molecule has 158 valence electrons. The molecular weight excluding hydrogens is 400 g/mol. The van der Waals surface area contributed by atoms with E-state index in [0.29, 0.717) is 16.2 Å². The third kappa shape index (κ3) is 7.97. The monoisotopic (exact) mass is 426 g/mol. The number of amides is 1. The van der Waals surface area contributed by atoms with E-state index in [1.165, 1.54) is 6.08 Å². The van der Waals surface area contributed by atoms with Gasteiger partial charge in [-0.05, 0) is 55.8 Å². The Balaban J connectivity index is 0.00000218. The number of carbonyl (C=O) groups excluding carboxylic acids is 1. The second-order valence-electron chi connectivity index (χ2n) is 5.88. The molecule has 0 fully saturated rings. The Labute approximate surface area is 182 Å². The zero-order valence-electron chi connectivity index (χ0n) is 17.6. The first kappa shape index (κ1) is 24.7. The zero-order valence-corrected chi connectivity index (χ0v) is 18.3. The van der Waals surface area contributed by atoms with Crippen LogP contribution < -0.4 is 10.6 Å². The zero-order chi connectivity index (χ0) is 22.5. The molecule has 2 aromatic carbocycles. The predicted octanol–water partition coefficient (Wildman–Crippen LogP) is 6.03. The van der Waals surface area contributed by atoms with Crippen molar-refractivity contribution in [3.63, 3.8) is 0 Å². The first-order valence-electron chi connectivity index (χ1n) is 9.58. The lowest BCUT2D eigenvalue weighted by Crippen LogP contribution is -2.27. The molecule has 0 bridgehead atoms. The molecule has 0 unspecified atom stereocenters. The summed E-state index contributed by atoms with van der Waals surface area (Å²) in [5.74, 6) is -1.70. The van der Waals surface area contributed by atoms with Crippen LogP contribution in [-0.2, 0) is 4.79 Å². The highest BCUT2D eigenvalue weighted by molar-refractivity contribution is 6.29. The fourth-order valence-corrected chi connectivity index (χ4v) is 2.44. The fourth-order valence-electron chi connectivity index (χ4n) is 2.33. The van der Waals surface area contributed by atoms with Crippen LogP contribution in [0.2, 0.25) is 0 Å². The summed E-state index contributed by atoms with van der Waals surface area (Å²) in [6, 6.07) is 15.5. The Morgan fingerprint density at radius 3 is 2.10 bits per heavy atom. The minimum Gasteiger partial charge on any atom is -0.477 e. The number of allylic oxidation sites excluding steroid dienone is 3. The van der Waals surface area contributed by atoms with Gasteiger partial charge >= 0.3 is 5.97 Å². The van der Waals surface area contributed by atoms with Crippen molar-refractivity contribution in [3.05, 3.63) is 94.3 Å². The minimum atomic E-state index is -1.22. The molecule has 30 heavy (non-hydrogen) atoms. The number of carboxylic acid groups (broad SMARTS) is 1. The molecule has 3 N–H and O–H groups in total. The van der Waals surface area contributed by atoms with E-state index in [9.17, 15) is 14.7 Å². The van der Waals surface area contributed by atoms with Crippen molar-refractivity contribution in [2.24, 2.45) is 0 Å². The van der Waals surface area contributed by atoms with E-state index in [1.807, 2.05) is 32.9 Å². The number of carboxylic acids is 1. The van der Waals surface area contributed by atoms with Crippen LogP contribution in [0.4, 0.5) is 5.69 Å². The van der Waals surface area contributed by atoms with Crippen LogP contribution in [-0.4, -0.2) is 17.0 Å². The average Bonchev–Trinajstić information content (AvgIpc) is 2.76. The van der Waals surface area contributed by atoms with E-state index >= 15 is 0 Å². The van der Waals surface area contributed by atoms with E-state index in [0.717, 1.165) is 11.4 Å². The number of aliphatic carboxylic acids is 1. The number of carbonyl (C=O) groups is 2. The second kappa shape index (κ2) is 13.0. The summed E-state index contributed by atoms with van der Waals surface area (Å²) < 4.78 is 0. The van der Waals surface area contributed by atoms with Crippen LogP contribution in [0.3, 0.4) is 0 Å². The Hall–Kier alpha value is -3.31. The van der Waals surface area contributed by atoms with Crippen molar-refractivity contribution in [1.29, 1.82) is 0 Å². The molecule has 6 heteroatoms. The topological polar surface area (TPSA) is 78.4 Å². The Kier molecular flexibility index (Phi) is 10.7. The van der Waals surface area contributed by atoms with Gasteiger partial charge in [-0.25, -0.2) is 4.79 Å². The molecule has 0 aliphatic heterocycles. The summed E-state index contributed by atoms with van der Waals surface area (Å²) in [5, 5.41) is 15.6. The first-order chi connectivity index (χ1) is 14.4. The van der Waals surface area contributed by atoms with Gasteiger partial charge in [0, 0.05) is 16.3 Å². The third-order valence-electron chi connectivity index (χ3n) is 3.72. The lowest BCUT2D eigenvalue weighted by molar-refractivity contribution is -0.132. The average molecular weight is 427 g/mol. The molecule has 2 aromatic rings. The molecule has 0 atom stereocenters. The molecule has 0 aliphatic carbocycles. The number of benzene rings is 2. The molecule has 0 saturated heterocycles. The largest absolute Gasteiger partial charge is 0.477 e. The van der Waals surface area contributed by atoms with Crippen LogP contribution in [0, 0.1) is 0 Å². The number of hydrogen-bond donors (Lipinski definition) is 3. The summed E-state index contributed by atoms with van der Waals surface area (Å²) in [6.45, 7) is 7.68. The number of halogens is 1. The van der Waals surface area contributed by atoms with Gasteiger partial charge in [0.2, 0.25) is 0 Å². The molecule has 0 heterocycles. The molecule has 5 nitrogen and oxygen atoms in total. The minimum absolute atomic E-state index is 0.208. The van der Waals surface area contributed by atoms with Crippen LogP contribution in [0.1, 0.15) is 43.6 Å². The van der Waals surface area contributed by atoms with Gasteiger partial charge in [-0.3, -0.25) is 4.79 Å². The summed E-state index contributed by atoms with van der Waals surface area (Å²) in [5.41, 5.74) is 2.38. The van der Waals surface area contributed by atoms with Gasteiger partial charge in [0.25, 0.3) is 5.91 Å². The van der Waals surface area contributed by atoms with Crippen molar-refractivity contribution in [1.82, 2.24) is 5.32 Å². The highest BCUT2D eigenvalue weighted by Gasteiger charge is 2.13. The SMILES string of the molecule is C/C=C\C(Nc1ccc(/C=C(\NC(=O)c2ccccc2)C(=O)O)cc1)=C(/C)Cl.CC. The van der Waals surface area contributed by atoms with Gasteiger partial charge in [-0.2, -0.15) is 0 Å². The van der Waals surface area contributed by atoms with Gasteiger partial charge in [0.1, 0.15) is 5.70 Å². The van der Waals surface area contributed by atoms with Gasteiger partial charge in [-0.15, -0.1) is 0 Å². The van der Waals surface area contributed by atoms with E-state index in [-0.39, 0.29) is 5.70 Å². The van der Waals surface area contributed by atoms with Gasteiger partial charge in [0.05, 0.1) is 5.70 Å². The normalized spacial score (nSPS) is 11.8. The summed E-state index contributed by atoms with van der Waals surface area (Å²) >= 11 is 6.06. The van der Waals surface area contributed by atoms with Crippen molar-refractivity contribution >= 4 is 35.2 Å². The molecule has 0 radical (unpaired) electrons. The van der Waals surface area contributed by atoms with Gasteiger partial charge < -0.3 is 15.7 Å². The number of hydrogen-bond acceptors (Lipinski definition) is 3. The van der Waals surface area contributed by atoms with Crippen LogP contribution in [0.25, 0.3) is 6.08 Å². The van der Waals surface area contributed by atoms with Gasteiger partial charge in [-0.1, -0.05) is 61.9 Å². The quantitative estimate of drug-likeness (QED) is 0.373. The number of nitrogens with one attached hydrogen (secondary N) is 2. The molecule has 0 saturated carbocycles. The van der Waals surface area contributed by atoms with Crippen molar-refractivity contribution < 1.29 is 14.7 Å². The lowest BCUT2D eigenvalue weighted by atomic mass is 10.1. The second-order valence-corrected chi connectivity index (χ2v) is 6.44. The smallest absolute Gasteiger partial charge is 0.352 e. The van der Waals surface area contributed by atoms with E-state index < -0.39 is 11.9 Å². The molecule has 0 spiro atoms. The third-order valence-corrected chi connectivity index (χ3v) is 3.92. The highest BCUT2D eigenvalue weighted by atomic mass is 35.5. The Morgan fingerprint density at radius 2 is 1.60 bits per heavy atom. The highest BCUT2D eigenvalue weighted by Crippen LogP contribution is 2.18.